The number of piperazine rings is 1. The molecule has 3 N–H and O–H groups in total. The van der Waals surface area contributed by atoms with Gasteiger partial charge < -0.3 is 20.4 Å². The molecule has 0 bridgehead atoms. The predicted molar refractivity (Wildman–Crippen MR) is 141 cm³/mol. The zero-order chi connectivity index (χ0) is 26.2. The number of aliphatic imine (C=N–C) groups is 1. The topological polar surface area (TPSA) is 101 Å². The molecule has 0 saturated carbocycles. The summed E-state index contributed by atoms with van der Waals surface area (Å²) in [6.45, 7) is 8.09. The summed E-state index contributed by atoms with van der Waals surface area (Å²) in [5.41, 5.74) is 0.545. The largest absolute Gasteiger partial charge is 0.354 e. The first-order valence-corrected chi connectivity index (χ1v) is 11.6. The molecule has 1 fully saturated rings. The lowest BCUT2D eigenvalue weighted by atomic mass is 10.1. The quantitative estimate of drug-likeness (QED) is 0.297. The number of amides is 2. The Kier molecular flexibility index (Phi) is 9.10. The number of likely N-dealkylation sites (N-methyl/N-ethyl adjacent to an activating group) is 1. The fraction of sp³-hybridized carbons (Fsp3) is 0.231. The zero-order valence-electron chi connectivity index (χ0n) is 20.1. The standard InChI is InChI=1S/C26H28ClFN6O2/c1-17(27)8-11-23(30-2)32-26(36)20-6-4-5-7-22(20)31-25(35)19-10-9-18(16-21(19)28)24(29)34-14-12-33(3)13-15-34/h4-11,16,29H,2,12-15H2,1,3H3,(H,31,35)(H,32,36)/b17-8+,23-11+,29-24?. The van der Waals surface area contributed by atoms with E-state index in [0.717, 1.165) is 13.1 Å². The van der Waals surface area contributed by atoms with Gasteiger partial charge in [0, 0.05) is 36.8 Å². The second kappa shape index (κ2) is 12.2. The van der Waals surface area contributed by atoms with Gasteiger partial charge in [0.25, 0.3) is 11.8 Å². The molecule has 8 nitrogen and oxygen atoms in total. The number of nitrogens with zero attached hydrogens (tertiary/aromatic N) is 3. The molecule has 1 saturated heterocycles. The maximum Gasteiger partial charge on any atom is 0.258 e. The number of halogens is 2. The number of carbonyl (C=O) groups is 2. The molecule has 2 aromatic rings. The number of amidine groups is 1. The number of hydrogen-bond acceptors (Lipinski definition) is 5. The van der Waals surface area contributed by atoms with Crippen molar-refractivity contribution in [1.29, 1.82) is 5.41 Å². The van der Waals surface area contributed by atoms with Gasteiger partial charge in [-0.25, -0.2) is 9.38 Å². The van der Waals surface area contributed by atoms with Crippen LogP contribution in [0.15, 0.2) is 70.5 Å². The third kappa shape index (κ3) is 6.87. The van der Waals surface area contributed by atoms with Gasteiger partial charge in [-0.05, 0) is 57.1 Å². The lowest BCUT2D eigenvalue weighted by Crippen LogP contribution is -2.47. The number of carbonyl (C=O) groups excluding carboxylic acids is 2. The monoisotopic (exact) mass is 510 g/mol. The molecule has 36 heavy (non-hydrogen) atoms. The highest BCUT2D eigenvalue weighted by molar-refractivity contribution is 6.29. The Bertz CT molecular complexity index is 1230. The van der Waals surface area contributed by atoms with Crippen LogP contribution in [0.3, 0.4) is 0 Å². The number of para-hydroxylation sites is 1. The third-order valence-corrected chi connectivity index (χ3v) is 5.74. The molecule has 2 aromatic carbocycles. The van der Waals surface area contributed by atoms with E-state index in [9.17, 15) is 14.0 Å². The van der Waals surface area contributed by atoms with Crippen LogP contribution < -0.4 is 10.6 Å². The molecule has 188 valence electrons. The molecule has 2 amide bonds. The van der Waals surface area contributed by atoms with E-state index < -0.39 is 17.6 Å². The normalized spacial score (nSPS) is 14.8. The maximum atomic E-state index is 14.9. The summed E-state index contributed by atoms with van der Waals surface area (Å²) < 4.78 is 14.9. The fourth-order valence-corrected chi connectivity index (χ4v) is 3.61. The van der Waals surface area contributed by atoms with Crippen LogP contribution in [0.25, 0.3) is 0 Å². The number of nitrogens with one attached hydrogen (secondary N) is 3. The molecule has 0 aromatic heterocycles. The number of benzene rings is 2. The molecular formula is C26H28ClFN6O2. The van der Waals surface area contributed by atoms with Crippen molar-refractivity contribution in [2.75, 3.05) is 38.5 Å². The van der Waals surface area contributed by atoms with Gasteiger partial charge in [-0.1, -0.05) is 29.8 Å². The van der Waals surface area contributed by atoms with Crippen molar-refractivity contribution in [1.82, 2.24) is 15.1 Å². The molecule has 0 spiro atoms. The summed E-state index contributed by atoms with van der Waals surface area (Å²) in [5.74, 6) is -1.62. The number of hydrogen-bond donors (Lipinski definition) is 3. The van der Waals surface area contributed by atoms with E-state index in [1.54, 1.807) is 31.2 Å². The van der Waals surface area contributed by atoms with Crippen molar-refractivity contribution in [3.05, 3.63) is 88.0 Å². The van der Waals surface area contributed by atoms with E-state index in [1.807, 2.05) is 11.9 Å². The van der Waals surface area contributed by atoms with Crippen molar-refractivity contribution in [3.8, 4) is 0 Å². The SMILES string of the molecule is C=N/C(=C\C=C(/C)Cl)NC(=O)c1ccccc1NC(=O)c1ccc(C(=N)N2CCN(C)CC2)cc1F. The molecule has 3 rings (SSSR count). The number of allylic oxidation sites excluding steroid dienone is 3. The molecule has 1 aliphatic heterocycles. The smallest absolute Gasteiger partial charge is 0.258 e. The second-order valence-electron chi connectivity index (χ2n) is 8.25. The highest BCUT2D eigenvalue weighted by atomic mass is 35.5. The average molecular weight is 511 g/mol. The van der Waals surface area contributed by atoms with Crippen LogP contribution in [0.2, 0.25) is 0 Å². The van der Waals surface area contributed by atoms with Crippen molar-refractivity contribution < 1.29 is 14.0 Å². The van der Waals surface area contributed by atoms with Crippen LogP contribution in [0, 0.1) is 11.2 Å². The van der Waals surface area contributed by atoms with Gasteiger partial charge in [-0.15, -0.1) is 0 Å². The van der Waals surface area contributed by atoms with E-state index in [0.29, 0.717) is 23.7 Å². The van der Waals surface area contributed by atoms with Crippen LogP contribution in [0.5, 0.6) is 0 Å². The predicted octanol–water partition coefficient (Wildman–Crippen LogP) is 4.07. The molecule has 0 unspecified atom stereocenters. The first kappa shape index (κ1) is 26.8. The van der Waals surface area contributed by atoms with Gasteiger partial charge in [0.15, 0.2) is 0 Å². The lowest BCUT2D eigenvalue weighted by molar-refractivity contribution is 0.0966. The van der Waals surface area contributed by atoms with E-state index in [-0.39, 0.29) is 28.5 Å². The molecule has 0 radical (unpaired) electrons. The Balaban J connectivity index is 1.75. The van der Waals surface area contributed by atoms with Crippen molar-refractivity contribution >= 4 is 41.7 Å². The first-order valence-electron chi connectivity index (χ1n) is 11.2. The van der Waals surface area contributed by atoms with E-state index in [4.69, 9.17) is 17.0 Å². The van der Waals surface area contributed by atoms with Gasteiger partial charge in [0.1, 0.15) is 17.5 Å². The van der Waals surface area contributed by atoms with Gasteiger partial charge in [-0.3, -0.25) is 15.0 Å². The zero-order valence-corrected chi connectivity index (χ0v) is 20.9. The van der Waals surface area contributed by atoms with Gasteiger partial charge in [0.2, 0.25) is 0 Å². The van der Waals surface area contributed by atoms with Crippen LogP contribution in [-0.4, -0.2) is 67.4 Å². The van der Waals surface area contributed by atoms with E-state index in [1.165, 1.54) is 30.3 Å². The van der Waals surface area contributed by atoms with Gasteiger partial charge in [-0.2, -0.15) is 0 Å². The van der Waals surface area contributed by atoms with Crippen LogP contribution >= 0.6 is 11.6 Å². The highest BCUT2D eigenvalue weighted by Crippen LogP contribution is 2.19. The van der Waals surface area contributed by atoms with Crippen molar-refractivity contribution in [2.24, 2.45) is 4.99 Å². The maximum absolute atomic E-state index is 14.9. The van der Waals surface area contributed by atoms with Crippen LogP contribution in [0.4, 0.5) is 10.1 Å². The van der Waals surface area contributed by atoms with E-state index in [2.05, 4.69) is 27.2 Å². The van der Waals surface area contributed by atoms with Gasteiger partial charge >= 0.3 is 0 Å². The Morgan fingerprint density at radius 2 is 1.78 bits per heavy atom. The minimum atomic E-state index is -0.755. The van der Waals surface area contributed by atoms with Gasteiger partial charge in [0.05, 0.1) is 16.8 Å². The Morgan fingerprint density at radius 3 is 2.42 bits per heavy atom. The summed E-state index contributed by atoms with van der Waals surface area (Å²) in [4.78, 5) is 33.5. The summed E-state index contributed by atoms with van der Waals surface area (Å²) in [7, 11) is 2.02. The van der Waals surface area contributed by atoms with E-state index >= 15 is 0 Å². The first-order chi connectivity index (χ1) is 17.2. The molecule has 1 heterocycles. The fourth-order valence-electron chi connectivity index (χ4n) is 3.55. The summed E-state index contributed by atoms with van der Waals surface area (Å²) >= 11 is 5.81. The van der Waals surface area contributed by atoms with Crippen molar-refractivity contribution in [2.45, 2.75) is 6.92 Å². The molecule has 0 aliphatic carbocycles. The second-order valence-corrected chi connectivity index (χ2v) is 8.85. The summed E-state index contributed by atoms with van der Waals surface area (Å²) in [6, 6.07) is 10.4. The Hall–Kier alpha value is -3.82. The van der Waals surface area contributed by atoms with Crippen molar-refractivity contribution in [3.63, 3.8) is 0 Å². The molecule has 10 heteroatoms. The minimum absolute atomic E-state index is 0.154. The lowest BCUT2D eigenvalue weighted by Gasteiger charge is -2.34. The molecule has 1 aliphatic rings. The third-order valence-electron chi connectivity index (χ3n) is 5.61. The number of rotatable bonds is 7. The average Bonchev–Trinajstić information content (AvgIpc) is 2.86. The Labute approximate surface area is 214 Å². The number of anilines is 1. The molecular weight excluding hydrogens is 483 g/mol. The highest BCUT2D eigenvalue weighted by Gasteiger charge is 2.21. The summed E-state index contributed by atoms with van der Waals surface area (Å²) in [6.07, 6.45) is 3.04. The summed E-state index contributed by atoms with van der Waals surface area (Å²) in [5, 5.41) is 14.1. The van der Waals surface area contributed by atoms with Crippen LogP contribution in [-0.2, 0) is 0 Å². The minimum Gasteiger partial charge on any atom is -0.354 e. The Morgan fingerprint density at radius 1 is 1.08 bits per heavy atom. The molecule has 0 atom stereocenters. The van der Waals surface area contributed by atoms with Crippen LogP contribution in [0.1, 0.15) is 33.2 Å².